The topological polar surface area (TPSA) is 75.9 Å². The zero-order valence-corrected chi connectivity index (χ0v) is 15.8. The Morgan fingerprint density at radius 3 is 2.58 bits per heavy atom. The van der Waals surface area contributed by atoms with E-state index >= 15 is 0 Å². The Hall–Kier alpha value is -1.64. The number of non-ortho nitro benzene ring substituents is 1. The van der Waals surface area contributed by atoms with E-state index in [9.17, 15) is 14.9 Å². The van der Waals surface area contributed by atoms with Crippen LogP contribution >= 0.6 is 11.8 Å². The average molecular weight is 379 g/mol. The van der Waals surface area contributed by atoms with Crippen LogP contribution < -0.4 is 0 Å². The molecule has 1 aromatic rings. The van der Waals surface area contributed by atoms with Gasteiger partial charge in [0.15, 0.2) is 0 Å². The van der Waals surface area contributed by atoms with Crippen LogP contribution in [0.4, 0.5) is 5.69 Å². The summed E-state index contributed by atoms with van der Waals surface area (Å²) in [6.45, 7) is 7.01. The molecule has 2 saturated heterocycles. The number of benzene rings is 1. The van der Waals surface area contributed by atoms with Crippen molar-refractivity contribution in [2.45, 2.75) is 36.0 Å². The third-order valence-electron chi connectivity index (χ3n) is 4.88. The van der Waals surface area contributed by atoms with E-state index in [-0.39, 0.29) is 16.8 Å². The molecule has 0 bridgehead atoms. The average Bonchev–Trinajstić information content (AvgIpc) is 3.15. The lowest BCUT2D eigenvalue weighted by Gasteiger charge is -2.36. The Morgan fingerprint density at radius 2 is 2.00 bits per heavy atom. The number of carbonyl (C=O) groups is 1. The first-order valence-corrected chi connectivity index (χ1v) is 9.95. The van der Waals surface area contributed by atoms with Crippen LogP contribution in [0.5, 0.6) is 0 Å². The van der Waals surface area contributed by atoms with Crippen LogP contribution in [0, 0.1) is 10.1 Å². The van der Waals surface area contributed by atoms with E-state index in [0.717, 1.165) is 57.1 Å². The first-order valence-electron chi connectivity index (χ1n) is 9.07. The molecule has 1 amide bonds. The van der Waals surface area contributed by atoms with Gasteiger partial charge < -0.3 is 9.64 Å². The molecule has 2 aliphatic heterocycles. The van der Waals surface area contributed by atoms with E-state index in [2.05, 4.69) is 4.90 Å². The third kappa shape index (κ3) is 4.96. The van der Waals surface area contributed by atoms with Gasteiger partial charge in [-0.2, -0.15) is 0 Å². The van der Waals surface area contributed by atoms with E-state index in [1.807, 2.05) is 11.8 Å². The van der Waals surface area contributed by atoms with Gasteiger partial charge in [0.25, 0.3) is 5.69 Å². The Labute approximate surface area is 157 Å². The van der Waals surface area contributed by atoms with E-state index in [1.165, 1.54) is 23.9 Å². The standard InChI is InChI=1S/C18H25N3O4S/c1-14(26-17-6-4-15(5-7-17)21(23)24)18(22)20-10-8-19(9-11-20)13-16-3-2-12-25-16/h4-7,14,16H,2-3,8-13H2,1H3. The van der Waals surface area contributed by atoms with Crippen LogP contribution in [0.1, 0.15) is 19.8 Å². The quantitative estimate of drug-likeness (QED) is 0.429. The van der Waals surface area contributed by atoms with Crippen LogP contribution in [-0.4, -0.2) is 71.3 Å². The summed E-state index contributed by atoms with van der Waals surface area (Å²) in [5.41, 5.74) is 0.0655. The highest BCUT2D eigenvalue weighted by molar-refractivity contribution is 8.00. The number of rotatable bonds is 6. The zero-order valence-electron chi connectivity index (χ0n) is 15.0. The molecule has 2 atom stereocenters. The predicted octanol–water partition coefficient (Wildman–Crippen LogP) is 2.40. The van der Waals surface area contributed by atoms with Gasteiger partial charge in [0, 0.05) is 56.4 Å². The van der Waals surface area contributed by atoms with Gasteiger partial charge in [-0.1, -0.05) is 0 Å². The molecule has 142 valence electrons. The molecular formula is C18H25N3O4S. The number of nitrogens with zero attached hydrogens (tertiary/aromatic N) is 3. The van der Waals surface area contributed by atoms with Crippen LogP contribution in [0.2, 0.25) is 0 Å². The summed E-state index contributed by atoms with van der Waals surface area (Å²) in [7, 11) is 0. The highest BCUT2D eigenvalue weighted by Crippen LogP contribution is 2.26. The molecule has 1 aromatic carbocycles. The van der Waals surface area contributed by atoms with Crippen molar-refractivity contribution in [2.24, 2.45) is 0 Å². The molecule has 0 aliphatic carbocycles. The zero-order chi connectivity index (χ0) is 18.5. The molecule has 2 heterocycles. The molecule has 3 rings (SSSR count). The summed E-state index contributed by atoms with van der Waals surface area (Å²) < 4.78 is 5.69. The summed E-state index contributed by atoms with van der Waals surface area (Å²) in [5, 5.41) is 10.5. The highest BCUT2D eigenvalue weighted by atomic mass is 32.2. The number of carbonyl (C=O) groups excluding carboxylic acids is 1. The van der Waals surface area contributed by atoms with Gasteiger partial charge in [-0.3, -0.25) is 19.8 Å². The van der Waals surface area contributed by atoms with Gasteiger partial charge in [0.05, 0.1) is 16.3 Å². The number of piperazine rings is 1. The number of nitro benzene ring substituents is 1. The number of thioether (sulfide) groups is 1. The molecular weight excluding hydrogens is 354 g/mol. The normalized spacial score (nSPS) is 22.3. The third-order valence-corrected chi connectivity index (χ3v) is 5.98. The SMILES string of the molecule is CC(Sc1ccc([N+](=O)[O-])cc1)C(=O)N1CCN(CC2CCCO2)CC1. The largest absolute Gasteiger partial charge is 0.377 e. The van der Waals surface area contributed by atoms with E-state index in [1.54, 1.807) is 12.1 Å². The second kappa shape index (κ2) is 8.83. The van der Waals surface area contributed by atoms with E-state index < -0.39 is 4.92 Å². The van der Waals surface area contributed by atoms with Crippen molar-refractivity contribution < 1.29 is 14.5 Å². The molecule has 8 heteroatoms. The predicted molar refractivity (Wildman–Crippen MR) is 100 cm³/mol. The van der Waals surface area contributed by atoms with Crippen LogP contribution in [-0.2, 0) is 9.53 Å². The van der Waals surface area contributed by atoms with Gasteiger partial charge in [-0.15, -0.1) is 11.8 Å². The molecule has 0 N–H and O–H groups in total. The lowest BCUT2D eigenvalue weighted by molar-refractivity contribution is -0.384. The van der Waals surface area contributed by atoms with Gasteiger partial charge in [0.2, 0.25) is 5.91 Å². The van der Waals surface area contributed by atoms with Gasteiger partial charge in [-0.25, -0.2) is 0 Å². The Balaban J connectivity index is 1.45. The molecule has 2 fully saturated rings. The molecule has 0 saturated carbocycles. The van der Waals surface area contributed by atoms with Crippen molar-refractivity contribution in [1.29, 1.82) is 0 Å². The van der Waals surface area contributed by atoms with Crippen LogP contribution in [0.3, 0.4) is 0 Å². The van der Waals surface area contributed by atoms with Crippen molar-refractivity contribution in [3.63, 3.8) is 0 Å². The molecule has 0 aromatic heterocycles. The maximum Gasteiger partial charge on any atom is 0.269 e. The van der Waals surface area contributed by atoms with Crippen molar-refractivity contribution >= 4 is 23.4 Å². The summed E-state index contributed by atoms with van der Waals surface area (Å²) in [4.78, 5) is 28.2. The molecule has 26 heavy (non-hydrogen) atoms. The lowest BCUT2D eigenvalue weighted by atomic mass is 10.2. The highest BCUT2D eigenvalue weighted by Gasteiger charge is 2.27. The molecule has 7 nitrogen and oxygen atoms in total. The summed E-state index contributed by atoms with van der Waals surface area (Å²) in [5.74, 6) is 0.130. The Kier molecular flexibility index (Phi) is 6.50. The molecule has 0 spiro atoms. The number of hydrogen-bond acceptors (Lipinski definition) is 6. The first-order chi connectivity index (χ1) is 12.5. The van der Waals surface area contributed by atoms with Crippen molar-refractivity contribution in [1.82, 2.24) is 9.80 Å². The first kappa shape index (κ1) is 19.1. The number of amides is 1. The van der Waals surface area contributed by atoms with Crippen LogP contribution in [0.15, 0.2) is 29.2 Å². The van der Waals surface area contributed by atoms with Crippen molar-refractivity contribution in [3.05, 3.63) is 34.4 Å². The van der Waals surface area contributed by atoms with E-state index in [0.29, 0.717) is 6.10 Å². The van der Waals surface area contributed by atoms with Crippen molar-refractivity contribution in [3.8, 4) is 0 Å². The number of ether oxygens (including phenoxy) is 1. The van der Waals surface area contributed by atoms with Gasteiger partial charge in [-0.05, 0) is 31.9 Å². The van der Waals surface area contributed by atoms with Gasteiger partial charge in [0.1, 0.15) is 0 Å². The number of nitro groups is 1. The second-order valence-corrected chi connectivity index (χ2v) is 8.19. The molecule has 2 aliphatic rings. The van der Waals surface area contributed by atoms with E-state index in [4.69, 9.17) is 4.74 Å². The Bertz CT molecular complexity index is 626. The molecule has 2 unspecified atom stereocenters. The second-order valence-electron chi connectivity index (χ2n) is 6.77. The minimum absolute atomic E-state index is 0.0655. The summed E-state index contributed by atoms with van der Waals surface area (Å²) >= 11 is 1.45. The minimum atomic E-state index is -0.418. The fraction of sp³-hybridized carbons (Fsp3) is 0.611. The van der Waals surface area contributed by atoms with Crippen LogP contribution in [0.25, 0.3) is 0 Å². The minimum Gasteiger partial charge on any atom is -0.377 e. The Morgan fingerprint density at radius 1 is 1.31 bits per heavy atom. The van der Waals surface area contributed by atoms with Gasteiger partial charge >= 0.3 is 0 Å². The maximum atomic E-state index is 12.7. The number of hydrogen-bond donors (Lipinski definition) is 0. The van der Waals surface area contributed by atoms with Crippen molar-refractivity contribution in [2.75, 3.05) is 39.3 Å². The smallest absolute Gasteiger partial charge is 0.269 e. The molecule has 0 radical (unpaired) electrons. The maximum absolute atomic E-state index is 12.7. The fourth-order valence-corrected chi connectivity index (χ4v) is 4.34. The fourth-order valence-electron chi connectivity index (χ4n) is 3.39. The lowest BCUT2D eigenvalue weighted by Crippen LogP contribution is -2.51. The monoisotopic (exact) mass is 379 g/mol. The summed E-state index contributed by atoms with van der Waals surface area (Å²) in [6, 6.07) is 6.35. The summed E-state index contributed by atoms with van der Waals surface area (Å²) in [6.07, 6.45) is 2.65.